The topological polar surface area (TPSA) is 63.7 Å². The van der Waals surface area contributed by atoms with Crippen molar-refractivity contribution in [2.24, 2.45) is 5.92 Å². The monoisotopic (exact) mass is 389 g/mol. The van der Waals surface area contributed by atoms with Crippen molar-refractivity contribution in [1.82, 2.24) is 9.88 Å². The normalized spacial score (nSPS) is 15.5. The number of aryl methyl sites for hydroxylation is 1. The number of rotatable bonds is 7. The van der Waals surface area contributed by atoms with Crippen molar-refractivity contribution in [3.8, 4) is 11.5 Å². The molecule has 1 aromatic carbocycles. The van der Waals surface area contributed by atoms with Gasteiger partial charge in [0.05, 0.1) is 12.8 Å². The van der Waals surface area contributed by atoms with Gasteiger partial charge in [0.1, 0.15) is 0 Å². The molecule has 0 radical (unpaired) electrons. The van der Waals surface area contributed by atoms with E-state index in [1.807, 2.05) is 30.5 Å². The number of nitrogens with zero attached hydrogens (tertiary/aromatic N) is 2. The summed E-state index contributed by atoms with van der Waals surface area (Å²) in [5, 5.41) is 5.43. The van der Waals surface area contributed by atoms with E-state index in [2.05, 4.69) is 22.1 Å². The Labute approximate surface area is 164 Å². The number of hydrogen-bond donors (Lipinski definition) is 1. The molecule has 1 saturated heterocycles. The lowest BCUT2D eigenvalue weighted by atomic mass is 9.99. The fourth-order valence-corrected chi connectivity index (χ4v) is 3.80. The van der Waals surface area contributed by atoms with Gasteiger partial charge in [0.25, 0.3) is 5.91 Å². The molecule has 2 heterocycles. The molecule has 1 aliphatic rings. The standard InChI is InChI=1S/C20H27N3O3S/c1-14-6-8-23(9-7-14)11-16-13-27-20(21-16)22-19(24)12-26-17-5-4-15(2)10-18(17)25-3/h4-5,10,13-14H,6-9,11-12H2,1-3H3,(H,21,22,24). The number of piperidine rings is 1. The van der Waals surface area contributed by atoms with Crippen LogP contribution >= 0.6 is 11.3 Å². The number of nitrogens with one attached hydrogen (secondary N) is 1. The lowest BCUT2D eigenvalue weighted by Crippen LogP contribution is -2.32. The summed E-state index contributed by atoms with van der Waals surface area (Å²) >= 11 is 1.45. The van der Waals surface area contributed by atoms with Crippen LogP contribution in [0.5, 0.6) is 11.5 Å². The Morgan fingerprint density at radius 3 is 2.85 bits per heavy atom. The number of carbonyl (C=O) groups is 1. The maximum absolute atomic E-state index is 12.2. The van der Waals surface area contributed by atoms with Crippen molar-refractivity contribution in [1.29, 1.82) is 0 Å². The third-order valence-electron chi connectivity index (χ3n) is 4.74. The molecule has 0 atom stereocenters. The first-order chi connectivity index (χ1) is 13.0. The molecule has 2 aromatic rings. The van der Waals surface area contributed by atoms with Crippen LogP contribution in [0.1, 0.15) is 31.0 Å². The van der Waals surface area contributed by atoms with Gasteiger partial charge in [-0.25, -0.2) is 4.98 Å². The zero-order valence-corrected chi connectivity index (χ0v) is 17.0. The van der Waals surface area contributed by atoms with Crippen LogP contribution in [-0.4, -0.2) is 42.6 Å². The molecule has 0 aliphatic carbocycles. The van der Waals surface area contributed by atoms with Crippen LogP contribution in [0.3, 0.4) is 0 Å². The van der Waals surface area contributed by atoms with Crippen LogP contribution < -0.4 is 14.8 Å². The summed E-state index contributed by atoms with van der Waals surface area (Å²) in [6.07, 6.45) is 2.49. The molecule has 0 spiro atoms. The second-order valence-electron chi connectivity index (χ2n) is 7.09. The summed E-state index contributed by atoms with van der Waals surface area (Å²) in [5.41, 5.74) is 2.08. The molecule has 0 unspecified atom stereocenters. The van der Waals surface area contributed by atoms with E-state index in [9.17, 15) is 4.79 Å². The third-order valence-corrected chi connectivity index (χ3v) is 5.54. The molecule has 3 rings (SSSR count). The van der Waals surface area contributed by atoms with Crippen LogP contribution in [0.4, 0.5) is 5.13 Å². The molecule has 0 bridgehead atoms. The molecule has 1 fully saturated rings. The molecule has 27 heavy (non-hydrogen) atoms. The fourth-order valence-electron chi connectivity index (χ4n) is 3.08. The maximum atomic E-state index is 12.2. The smallest absolute Gasteiger partial charge is 0.264 e. The highest BCUT2D eigenvalue weighted by atomic mass is 32.1. The highest BCUT2D eigenvalue weighted by Crippen LogP contribution is 2.27. The minimum atomic E-state index is -0.231. The van der Waals surface area contributed by atoms with E-state index in [4.69, 9.17) is 9.47 Å². The Morgan fingerprint density at radius 2 is 2.11 bits per heavy atom. The van der Waals surface area contributed by atoms with E-state index in [0.717, 1.165) is 36.8 Å². The van der Waals surface area contributed by atoms with E-state index in [1.54, 1.807) is 7.11 Å². The number of aromatic nitrogens is 1. The summed E-state index contributed by atoms with van der Waals surface area (Å²) in [6, 6.07) is 5.61. The van der Waals surface area contributed by atoms with Gasteiger partial charge < -0.3 is 9.47 Å². The number of benzene rings is 1. The number of carbonyl (C=O) groups excluding carboxylic acids is 1. The minimum absolute atomic E-state index is 0.0850. The quantitative estimate of drug-likeness (QED) is 0.782. The number of methoxy groups -OCH3 is 1. The highest BCUT2D eigenvalue weighted by Gasteiger charge is 2.17. The first-order valence-electron chi connectivity index (χ1n) is 9.27. The van der Waals surface area contributed by atoms with E-state index >= 15 is 0 Å². The van der Waals surface area contributed by atoms with Gasteiger partial charge in [0.2, 0.25) is 0 Å². The maximum Gasteiger partial charge on any atom is 0.264 e. The SMILES string of the molecule is COc1cc(C)ccc1OCC(=O)Nc1nc(CN2CCC(C)CC2)cs1. The zero-order valence-electron chi connectivity index (χ0n) is 16.2. The molecule has 1 aromatic heterocycles. The van der Waals surface area contributed by atoms with E-state index < -0.39 is 0 Å². The first-order valence-corrected chi connectivity index (χ1v) is 10.2. The van der Waals surface area contributed by atoms with Crippen LogP contribution in [0.2, 0.25) is 0 Å². The van der Waals surface area contributed by atoms with Crippen molar-refractivity contribution in [3.05, 3.63) is 34.8 Å². The lowest BCUT2D eigenvalue weighted by molar-refractivity contribution is -0.118. The van der Waals surface area contributed by atoms with Gasteiger partial charge in [0.15, 0.2) is 23.2 Å². The molecule has 1 N–H and O–H groups in total. The Hall–Kier alpha value is -2.12. The zero-order chi connectivity index (χ0) is 19.2. The fraction of sp³-hybridized carbons (Fsp3) is 0.500. The van der Waals surface area contributed by atoms with Crippen LogP contribution in [0.25, 0.3) is 0 Å². The van der Waals surface area contributed by atoms with Gasteiger partial charge in [-0.05, 0) is 56.5 Å². The van der Waals surface area contributed by atoms with Crippen LogP contribution in [0.15, 0.2) is 23.6 Å². The summed E-state index contributed by atoms with van der Waals surface area (Å²) in [5.74, 6) is 1.76. The molecule has 146 valence electrons. The molecule has 0 saturated carbocycles. The number of ether oxygens (including phenoxy) is 2. The number of amides is 1. The number of anilines is 1. The van der Waals surface area contributed by atoms with Crippen LogP contribution in [-0.2, 0) is 11.3 Å². The molecule has 1 amide bonds. The van der Waals surface area contributed by atoms with E-state index in [0.29, 0.717) is 16.6 Å². The third kappa shape index (κ3) is 5.68. The molecule has 7 heteroatoms. The number of thiazole rings is 1. The van der Waals surface area contributed by atoms with Gasteiger partial charge >= 0.3 is 0 Å². The Kier molecular flexibility index (Phi) is 6.68. The Morgan fingerprint density at radius 1 is 1.33 bits per heavy atom. The Balaban J connectivity index is 1.48. The van der Waals surface area contributed by atoms with Crippen LogP contribution in [0, 0.1) is 12.8 Å². The van der Waals surface area contributed by atoms with Crippen molar-refractivity contribution in [2.45, 2.75) is 33.2 Å². The van der Waals surface area contributed by atoms with Crippen molar-refractivity contribution >= 4 is 22.4 Å². The van der Waals surface area contributed by atoms with E-state index in [-0.39, 0.29) is 12.5 Å². The number of likely N-dealkylation sites (tertiary alicyclic amines) is 1. The van der Waals surface area contributed by atoms with E-state index in [1.165, 1.54) is 24.2 Å². The molecule has 1 aliphatic heterocycles. The average Bonchev–Trinajstić information content (AvgIpc) is 3.09. The summed E-state index contributed by atoms with van der Waals surface area (Å²) < 4.78 is 10.9. The van der Waals surface area contributed by atoms with Gasteiger partial charge in [-0.1, -0.05) is 13.0 Å². The van der Waals surface area contributed by atoms with Crippen molar-refractivity contribution in [2.75, 3.05) is 32.1 Å². The van der Waals surface area contributed by atoms with Gasteiger partial charge in [-0.2, -0.15) is 0 Å². The Bertz CT molecular complexity index is 770. The summed E-state index contributed by atoms with van der Waals surface area (Å²) in [6.45, 7) is 7.28. The second kappa shape index (κ2) is 9.19. The minimum Gasteiger partial charge on any atom is -0.493 e. The average molecular weight is 390 g/mol. The lowest BCUT2D eigenvalue weighted by Gasteiger charge is -2.29. The first kappa shape index (κ1) is 19.6. The highest BCUT2D eigenvalue weighted by molar-refractivity contribution is 7.13. The second-order valence-corrected chi connectivity index (χ2v) is 7.95. The predicted octanol–water partition coefficient (Wildman–Crippen LogP) is 3.71. The molecular formula is C20H27N3O3S. The number of hydrogen-bond acceptors (Lipinski definition) is 6. The summed E-state index contributed by atoms with van der Waals surface area (Å²) in [7, 11) is 1.59. The molecule has 6 nitrogen and oxygen atoms in total. The van der Waals surface area contributed by atoms with Gasteiger partial charge in [0, 0.05) is 11.9 Å². The summed E-state index contributed by atoms with van der Waals surface area (Å²) in [4.78, 5) is 19.1. The predicted molar refractivity (Wildman–Crippen MR) is 108 cm³/mol. The molecular weight excluding hydrogens is 362 g/mol. The van der Waals surface area contributed by atoms with Crippen molar-refractivity contribution < 1.29 is 14.3 Å². The van der Waals surface area contributed by atoms with Crippen molar-refractivity contribution in [3.63, 3.8) is 0 Å². The van der Waals surface area contributed by atoms with Gasteiger partial charge in [-0.3, -0.25) is 15.0 Å². The largest absolute Gasteiger partial charge is 0.493 e. The van der Waals surface area contributed by atoms with Gasteiger partial charge in [-0.15, -0.1) is 11.3 Å².